The molecule has 0 bridgehead atoms. The van der Waals surface area contributed by atoms with Gasteiger partial charge in [0, 0.05) is 32.7 Å². The van der Waals surface area contributed by atoms with Crippen LogP contribution in [0.15, 0.2) is 47.3 Å². The Morgan fingerprint density at radius 3 is 2.65 bits per heavy atom. The Balaban J connectivity index is 1.25. The van der Waals surface area contributed by atoms with E-state index in [0.717, 1.165) is 48.6 Å². The number of aromatic amines is 1. The van der Waals surface area contributed by atoms with Crippen molar-refractivity contribution in [3.05, 3.63) is 69.8 Å². The zero-order valence-electron chi connectivity index (χ0n) is 18.2. The van der Waals surface area contributed by atoms with Crippen LogP contribution in [-0.2, 0) is 6.54 Å². The third kappa shape index (κ3) is 5.50. The number of para-hydroxylation sites is 1. The largest absolute Gasteiger partial charge is 0.491 e. The highest BCUT2D eigenvalue weighted by molar-refractivity contribution is 5.77. The number of β-amino-alcohol motifs (C(OH)–C–C–N with tert-alkyl or cyclic N) is 1. The molecule has 0 unspecified atom stereocenters. The number of aromatic nitrogens is 2. The number of hydrogen-bond acceptors (Lipinski definition) is 6. The summed E-state index contributed by atoms with van der Waals surface area (Å²) in [6.45, 7) is 8.98. The van der Waals surface area contributed by atoms with Crippen molar-refractivity contribution in [2.75, 3.05) is 39.3 Å². The maximum Gasteiger partial charge on any atom is 0.258 e. The quantitative estimate of drug-likeness (QED) is 0.607. The van der Waals surface area contributed by atoms with E-state index in [4.69, 9.17) is 4.74 Å². The molecule has 0 aliphatic carbocycles. The summed E-state index contributed by atoms with van der Waals surface area (Å²) in [7, 11) is 0. The van der Waals surface area contributed by atoms with Gasteiger partial charge in [-0.2, -0.15) is 0 Å². The molecule has 4 rings (SSSR count). The van der Waals surface area contributed by atoms with Crippen molar-refractivity contribution in [3.8, 4) is 5.75 Å². The van der Waals surface area contributed by atoms with Crippen LogP contribution in [0.2, 0.25) is 0 Å². The molecule has 1 fully saturated rings. The van der Waals surface area contributed by atoms with Gasteiger partial charge in [0.05, 0.1) is 17.4 Å². The van der Waals surface area contributed by atoms with E-state index < -0.39 is 6.10 Å². The Hall–Kier alpha value is -2.74. The van der Waals surface area contributed by atoms with Crippen molar-refractivity contribution >= 4 is 10.9 Å². The zero-order chi connectivity index (χ0) is 21.8. The number of benzene rings is 2. The van der Waals surface area contributed by atoms with E-state index in [1.165, 1.54) is 0 Å². The van der Waals surface area contributed by atoms with Gasteiger partial charge in [-0.05, 0) is 43.2 Å². The lowest BCUT2D eigenvalue weighted by molar-refractivity contribution is 0.0440. The highest BCUT2D eigenvalue weighted by Gasteiger charge is 2.20. The van der Waals surface area contributed by atoms with Gasteiger partial charge < -0.3 is 14.8 Å². The molecule has 31 heavy (non-hydrogen) atoms. The maximum absolute atomic E-state index is 12.3. The second-order valence-corrected chi connectivity index (χ2v) is 8.34. The number of nitrogens with zero attached hydrogens (tertiary/aromatic N) is 3. The van der Waals surface area contributed by atoms with Gasteiger partial charge in [-0.25, -0.2) is 4.98 Å². The molecule has 7 heteroatoms. The molecule has 7 nitrogen and oxygen atoms in total. The summed E-state index contributed by atoms with van der Waals surface area (Å²) in [4.78, 5) is 24.3. The molecule has 0 saturated carbocycles. The van der Waals surface area contributed by atoms with Crippen molar-refractivity contribution in [1.82, 2.24) is 19.8 Å². The molecule has 0 spiro atoms. The van der Waals surface area contributed by atoms with Crippen LogP contribution in [0.3, 0.4) is 0 Å². The minimum Gasteiger partial charge on any atom is -0.491 e. The van der Waals surface area contributed by atoms with E-state index in [-0.39, 0.29) is 12.2 Å². The molecule has 2 N–H and O–H groups in total. The number of fused-ring (bicyclic) bond motifs is 1. The minimum atomic E-state index is -0.537. The standard InChI is InChI=1S/C24H30N4O3/c1-17-7-8-18(2)22(13-17)31-16-19(29)14-27-9-11-28(12-10-27)15-23-25-21-6-4-3-5-20(21)24(30)26-23/h3-8,13,19,29H,9-12,14-16H2,1-2H3,(H,25,26,30)/t19-/m0/s1. The molecule has 1 aromatic heterocycles. The van der Waals surface area contributed by atoms with Crippen molar-refractivity contribution in [2.45, 2.75) is 26.5 Å². The Morgan fingerprint density at radius 2 is 1.84 bits per heavy atom. The summed E-state index contributed by atoms with van der Waals surface area (Å²) in [6, 6.07) is 13.5. The van der Waals surface area contributed by atoms with Gasteiger partial charge in [-0.1, -0.05) is 24.3 Å². The number of aliphatic hydroxyl groups excluding tert-OH is 1. The summed E-state index contributed by atoms with van der Waals surface area (Å²) < 4.78 is 5.84. The van der Waals surface area contributed by atoms with Crippen molar-refractivity contribution in [2.24, 2.45) is 0 Å². The van der Waals surface area contributed by atoms with Gasteiger partial charge in [0.25, 0.3) is 5.56 Å². The molecule has 164 valence electrons. The molecular formula is C24H30N4O3. The summed E-state index contributed by atoms with van der Waals surface area (Å²) in [5.41, 5.74) is 2.86. The van der Waals surface area contributed by atoms with Crippen molar-refractivity contribution in [3.63, 3.8) is 0 Å². The minimum absolute atomic E-state index is 0.0915. The van der Waals surface area contributed by atoms with Gasteiger partial charge in [-0.3, -0.25) is 14.6 Å². The van der Waals surface area contributed by atoms with Crippen molar-refractivity contribution in [1.29, 1.82) is 0 Å². The lowest BCUT2D eigenvalue weighted by Gasteiger charge is -2.35. The number of nitrogens with one attached hydrogen (secondary N) is 1. The molecule has 0 radical (unpaired) electrons. The Kier molecular flexibility index (Phi) is 6.65. The van der Waals surface area contributed by atoms with Crippen LogP contribution in [0.4, 0.5) is 0 Å². The highest BCUT2D eigenvalue weighted by atomic mass is 16.5. The third-order valence-electron chi connectivity index (χ3n) is 5.74. The van der Waals surface area contributed by atoms with E-state index in [1.54, 1.807) is 6.07 Å². The van der Waals surface area contributed by atoms with Gasteiger partial charge >= 0.3 is 0 Å². The van der Waals surface area contributed by atoms with E-state index in [1.807, 2.05) is 44.2 Å². The lowest BCUT2D eigenvalue weighted by Crippen LogP contribution is -2.49. The Morgan fingerprint density at radius 1 is 1.10 bits per heavy atom. The first kappa shape index (κ1) is 21.5. The van der Waals surface area contributed by atoms with Crippen LogP contribution >= 0.6 is 0 Å². The number of H-pyrrole nitrogens is 1. The number of ether oxygens (including phenoxy) is 1. The fourth-order valence-electron chi connectivity index (χ4n) is 3.95. The summed E-state index contributed by atoms with van der Waals surface area (Å²) in [5.74, 6) is 1.53. The summed E-state index contributed by atoms with van der Waals surface area (Å²) in [6.07, 6.45) is -0.537. The summed E-state index contributed by atoms with van der Waals surface area (Å²) >= 11 is 0. The van der Waals surface area contributed by atoms with E-state index in [2.05, 4.69) is 25.8 Å². The van der Waals surface area contributed by atoms with E-state index in [9.17, 15) is 9.90 Å². The lowest BCUT2D eigenvalue weighted by atomic mass is 10.1. The molecule has 1 aliphatic rings. The molecule has 1 atom stereocenters. The third-order valence-corrected chi connectivity index (χ3v) is 5.74. The van der Waals surface area contributed by atoms with Crippen LogP contribution in [0, 0.1) is 13.8 Å². The second-order valence-electron chi connectivity index (χ2n) is 8.34. The Bertz CT molecular complexity index is 1090. The van der Waals surface area contributed by atoms with Crippen LogP contribution in [0.1, 0.15) is 17.0 Å². The topological polar surface area (TPSA) is 81.7 Å². The van der Waals surface area contributed by atoms with Crippen LogP contribution in [-0.4, -0.2) is 70.3 Å². The SMILES string of the molecule is Cc1ccc(C)c(OC[C@@H](O)CN2CCN(Cc3nc4ccccc4c(=O)[nH]3)CC2)c1. The van der Waals surface area contributed by atoms with Gasteiger partial charge in [0.1, 0.15) is 24.3 Å². The number of rotatable bonds is 7. The first-order valence-electron chi connectivity index (χ1n) is 10.8. The zero-order valence-corrected chi connectivity index (χ0v) is 18.2. The molecule has 1 saturated heterocycles. The monoisotopic (exact) mass is 422 g/mol. The van der Waals surface area contributed by atoms with Gasteiger partial charge in [0.2, 0.25) is 0 Å². The molecule has 2 heterocycles. The number of aliphatic hydroxyl groups is 1. The highest BCUT2D eigenvalue weighted by Crippen LogP contribution is 2.19. The van der Waals surface area contributed by atoms with Crippen LogP contribution in [0.5, 0.6) is 5.75 Å². The molecule has 2 aromatic carbocycles. The van der Waals surface area contributed by atoms with Crippen LogP contribution < -0.4 is 10.3 Å². The van der Waals surface area contributed by atoms with E-state index >= 15 is 0 Å². The predicted octanol–water partition coefficient (Wildman–Crippen LogP) is 2.10. The predicted molar refractivity (Wildman–Crippen MR) is 121 cm³/mol. The van der Waals surface area contributed by atoms with Crippen LogP contribution in [0.25, 0.3) is 10.9 Å². The average Bonchev–Trinajstić information content (AvgIpc) is 2.76. The molecular weight excluding hydrogens is 392 g/mol. The second kappa shape index (κ2) is 9.60. The Labute approximate surface area is 182 Å². The molecule has 3 aromatic rings. The first-order valence-corrected chi connectivity index (χ1v) is 10.8. The van der Waals surface area contributed by atoms with Gasteiger partial charge in [0.15, 0.2) is 0 Å². The molecule has 0 amide bonds. The molecule has 1 aliphatic heterocycles. The fourth-order valence-corrected chi connectivity index (χ4v) is 3.95. The fraction of sp³-hybridized carbons (Fsp3) is 0.417. The summed E-state index contributed by atoms with van der Waals surface area (Å²) in [5, 5.41) is 11.0. The van der Waals surface area contributed by atoms with Gasteiger partial charge in [-0.15, -0.1) is 0 Å². The maximum atomic E-state index is 12.3. The number of hydrogen-bond donors (Lipinski definition) is 2. The van der Waals surface area contributed by atoms with E-state index in [0.29, 0.717) is 24.3 Å². The average molecular weight is 423 g/mol. The normalized spacial score (nSPS) is 16.5. The smallest absolute Gasteiger partial charge is 0.258 e. The number of aryl methyl sites for hydroxylation is 2. The number of piperazine rings is 1. The first-order chi connectivity index (χ1) is 15.0. The van der Waals surface area contributed by atoms with Crippen molar-refractivity contribution < 1.29 is 9.84 Å².